The average Bonchev–Trinajstić information content (AvgIpc) is 2.40. The first-order chi connectivity index (χ1) is 8.33. The van der Waals surface area contributed by atoms with E-state index in [1.54, 1.807) is 0 Å². The Labute approximate surface area is 109 Å². The van der Waals surface area contributed by atoms with Gasteiger partial charge in [0.05, 0.1) is 12.2 Å². The summed E-state index contributed by atoms with van der Waals surface area (Å²) >= 11 is 5.59. The minimum atomic E-state index is 0.680. The van der Waals surface area contributed by atoms with Crippen molar-refractivity contribution in [2.24, 2.45) is 0 Å². The van der Waals surface area contributed by atoms with Crippen LogP contribution in [0, 0.1) is 0 Å². The van der Waals surface area contributed by atoms with Gasteiger partial charge >= 0.3 is 0 Å². The van der Waals surface area contributed by atoms with Crippen LogP contribution in [0.3, 0.4) is 0 Å². The van der Waals surface area contributed by atoms with E-state index in [1.807, 2.05) is 25.1 Å². The lowest BCUT2D eigenvalue weighted by Crippen LogP contribution is -2.35. The van der Waals surface area contributed by atoms with E-state index in [0.717, 1.165) is 29.4 Å². The van der Waals surface area contributed by atoms with Crippen molar-refractivity contribution in [3.05, 3.63) is 29.8 Å². The van der Waals surface area contributed by atoms with Crippen molar-refractivity contribution in [2.45, 2.75) is 26.2 Å². The predicted octanol–water partition coefficient (Wildman–Crippen LogP) is 3.25. The van der Waals surface area contributed by atoms with Gasteiger partial charge in [-0.1, -0.05) is 24.4 Å². The number of nitrogens with zero attached hydrogens (tertiary/aromatic N) is 1. The van der Waals surface area contributed by atoms with Crippen LogP contribution in [-0.4, -0.2) is 29.6 Å². The number of rotatable bonds is 3. The highest BCUT2D eigenvalue weighted by atomic mass is 32.1. The van der Waals surface area contributed by atoms with Crippen molar-refractivity contribution in [3.8, 4) is 5.75 Å². The molecule has 0 saturated carbocycles. The van der Waals surface area contributed by atoms with Crippen LogP contribution in [0.2, 0.25) is 0 Å². The minimum Gasteiger partial charge on any atom is -0.493 e. The zero-order valence-electron chi connectivity index (χ0n) is 10.3. The van der Waals surface area contributed by atoms with Gasteiger partial charge in [0.2, 0.25) is 0 Å². The normalized spacial score (nSPS) is 15.7. The molecule has 17 heavy (non-hydrogen) atoms. The highest BCUT2D eigenvalue weighted by molar-refractivity contribution is 7.80. The molecule has 0 N–H and O–H groups in total. The van der Waals surface area contributed by atoms with Crippen LogP contribution < -0.4 is 4.74 Å². The average molecular weight is 249 g/mol. The third kappa shape index (κ3) is 2.97. The van der Waals surface area contributed by atoms with E-state index in [4.69, 9.17) is 17.0 Å². The molecule has 0 spiro atoms. The maximum Gasteiger partial charge on any atom is 0.129 e. The molecule has 0 atom stereocenters. The Morgan fingerprint density at radius 1 is 1.24 bits per heavy atom. The number of benzene rings is 1. The molecule has 1 aromatic rings. The van der Waals surface area contributed by atoms with Gasteiger partial charge in [0.15, 0.2) is 0 Å². The molecule has 2 nitrogen and oxygen atoms in total. The molecule has 1 aromatic carbocycles. The standard InChI is InChI=1S/C14H19NOS/c1-2-16-13-9-5-4-8-12(13)14(17)15-10-6-3-7-11-15/h4-5,8-9H,2-3,6-7,10-11H2,1H3. The molecule has 1 fully saturated rings. The molecular formula is C14H19NOS. The number of hydrogen-bond acceptors (Lipinski definition) is 2. The number of piperidine rings is 1. The van der Waals surface area contributed by atoms with Crippen molar-refractivity contribution in [3.63, 3.8) is 0 Å². The molecule has 1 saturated heterocycles. The second-order valence-corrected chi connectivity index (χ2v) is 4.67. The fourth-order valence-corrected chi connectivity index (χ4v) is 2.54. The monoisotopic (exact) mass is 249 g/mol. The first-order valence-corrected chi connectivity index (χ1v) is 6.75. The molecule has 0 unspecified atom stereocenters. The fourth-order valence-electron chi connectivity index (χ4n) is 2.19. The van der Waals surface area contributed by atoms with Crippen LogP contribution in [0.25, 0.3) is 0 Å². The van der Waals surface area contributed by atoms with Crippen LogP contribution >= 0.6 is 12.2 Å². The molecule has 3 heteroatoms. The van der Waals surface area contributed by atoms with Gasteiger partial charge in [-0.2, -0.15) is 0 Å². The van der Waals surface area contributed by atoms with Crippen molar-refractivity contribution >= 4 is 17.2 Å². The largest absolute Gasteiger partial charge is 0.493 e. The Kier molecular flexibility index (Phi) is 4.37. The Bertz CT molecular complexity index is 386. The summed E-state index contributed by atoms with van der Waals surface area (Å²) in [5.41, 5.74) is 1.06. The summed E-state index contributed by atoms with van der Waals surface area (Å²) in [6, 6.07) is 8.07. The van der Waals surface area contributed by atoms with Crippen LogP contribution in [0.15, 0.2) is 24.3 Å². The molecule has 0 aliphatic carbocycles. The van der Waals surface area contributed by atoms with E-state index in [2.05, 4.69) is 11.0 Å². The molecule has 0 bridgehead atoms. The van der Waals surface area contributed by atoms with Crippen molar-refractivity contribution in [1.82, 2.24) is 4.90 Å². The van der Waals surface area contributed by atoms with Crippen molar-refractivity contribution in [2.75, 3.05) is 19.7 Å². The van der Waals surface area contributed by atoms with E-state index in [9.17, 15) is 0 Å². The van der Waals surface area contributed by atoms with E-state index in [1.165, 1.54) is 19.3 Å². The molecule has 0 aromatic heterocycles. The van der Waals surface area contributed by atoms with E-state index in [-0.39, 0.29) is 0 Å². The van der Waals surface area contributed by atoms with Crippen LogP contribution in [0.1, 0.15) is 31.7 Å². The number of thiocarbonyl (C=S) groups is 1. The summed E-state index contributed by atoms with van der Waals surface area (Å²) in [6.07, 6.45) is 3.82. The van der Waals surface area contributed by atoms with Gasteiger partial charge in [-0.25, -0.2) is 0 Å². The summed E-state index contributed by atoms with van der Waals surface area (Å²) in [6.45, 7) is 4.85. The summed E-state index contributed by atoms with van der Waals surface area (Å²) in [5, 5.41) is 0. The Morgan fingerprint density at radius 3 is 2.65 bits per heavy atom. The molecule has 1 heterocycles. The van der Waals surface area contributed by atoms with E-state index >= 15 is 0 Å². The van der Waals surface area contributed by atoms with Gasteiger partial charge < -0.3 is 9.64 Å². The number of hydrogen-bond donors (Lipinski definition) is 0. The smallest absolute Gasteiger partial charge is 0.129 e. The lowest BCUT2D eigenvalue weighted by molar-refractivity contribution is 0.332. The second kappa shape index (κ2) is 6.01. The van der Waals surface area contributed by atoms with Gasteiger partial charge in [-0.3, -0.25) is 0 Å². The highest BCUT2D eigenvalue weighted by Gasteiger charge is 2.17. The SMILES string of the molecule is CCOc1ccccc1C(=S)N1CCCCC1. The lowest BCUT2D eigenvalue weighted by atomic mass is 10.1. The third-order valence-electron chi connectivity index (χ3n) is 3.06. The number of para-hydroxylation sites is 1. The molecule has 1 aliphatic rings. The number of ether oxygens (including phenoxy) is 1. The molecule has 1 aliphatic heterocycles. The quantitative estimate of drug-likeness (QED) is 0.763. The number of likely N-dealkylation sites (tertiary alicyclic amines) is 1. The van der Waals surface area contributed by atoms with Crippen LogP contribution in [-0.2, 0) is 0 Å². The summed E-state index contributed by atoms with van der Waals surface area (Å²) in [7, 11) is 0. The molecular weight excluding hydrogens is 230 g/mol. The molecule has 0 radical (unpaired) electrons. The zero-order valence-corrected chi connectivity index (χ0v) is 11.1. The van der Waals surface area contributed by atoms with Gasteiger partial charge in [0.1, 0.15) is 10.7 Å². The molecule has 92 valence electrons. The topological polar surface area (TPSA) is 12.5 Å². The van der Waals surface area contributed by atoms with E-state index < -0.39 is 0 Å². The van der Waals surface area contributed by atoms with Crippen LogP contribution in [0.4, 0.5) is 0 Å². The molecule has 2 rings (SSSR count). The Hall–Kier alpha value is -1.09. The molecule has 0 amide bonds. The summed E-state index contributed by atoms with van der Waals surface area (Å²) < 4.78 is 5.63. The lowest BCUT2D eigenvalue weighted by Gasteiger charge is -2.29. The first-order valence-electron chi connectivity index (χ1n) is 6.34. The Morgan fingerprint density at radius 2 is 1.94 bits per heavy atom. The van der Waals surface area contributed by atoms with Gasteiger partial charge in [0.25, 0.3) is 0 Å². The minimum absolute atomic E-state index is 0.680. The maximum atomic E-state index is 5.63. The third-order valence-corrected chi connectivity index (χ3v) is 3.54. The maximum absolute atomic E-state index is 5.63. The zero-order chi connectivity index (χ0) is 12.1. The Balaban J connectivity index is 2.17. The highest BCUT2D eigenvalue weighted by Crippen LogP contribution is 2.22. The fraction of sp³-hybridized carbons (Fsp3) is 0.500. The first kappa shape index (κ1) is 12.4. The van der Waals surface area contributed by atoms with Crippen LogP contribution in [0.5, 0.6) is 5.75 Å². The summed E-state index contributed by atoms with van der Waals surface area (Å²) in [5.74, 6) is 0.908. The van der Waals surface area contributed by atoms with Crippen molar-refractivity contribution < 1.29 is 4.74 Å². The van der Waals surface area contributed by atoms with E-state index in [0.29, 0.717) is 6.61 Å². The predicted molar refractivity (Wildman–Crippen MR) is 74.7 cm³/mol. The second-order valence-electron chi connectivity index (χ2n) is 4.28. The summed E-state index contributed by atoms with van der Waals surface area (Å²) in [4.78, 5) is 3.24. The van der Waals surface area contributed by atoms with Gasteiger partial charge in [-0.05, 0) is 38.3 Å². The van der Waals surface area contributed by atoms with Crippen molar-refractivity contribution in [1.29, 1.82) is 0 Å². The van der Waals surface area contributed by atoms with Gasteiger partial charge in [-0.15, -0.1) is 0 Å². The van der Waals surface area contributed by atoms with Gasteiger partial charge in [0, 0.05) is 13.1 Å².